The molecule has 0 atom stereocenters. The highest BCUT2D eigenvalue weighted by Crippen LogP contribution is 2.31. The molecule has 0 saturated heterocycles. The fourth-order valence-electron chi connectivity index (χ4n) is 2.70. The van der Waals surface area contributed by atoms with Gasteiger partial charge in [-0.2, -0.15) is 0 Å². The molecule has 1 N–H and O–H groups in total. The van der Waals surface area contributed by atoms with Gasteiger partial charge in [0.05, 0.1) is 10.5 Å². The van der Waals surface area contributed by atoms with Crippen LogP contribution >= 0.6 is 11.8 Å². The molecule has 0 spiro atoms. The predicted molar refractivity (Wildman–Crippen MR) is 119 cm³/mol. The summed E-state index contributed by atoms with van der Waals surface area (Å²) in [6.45, 7) is 4.18. The third-order valence-electron chi connectivity index (χ3n) is 4.59. The zero-order chi connectivity index (χ0) is 22.8. The topological polar surface area (TPSA) is 110 Å². The number of carbonyl (C=O) groups excluding carboxylic acids is 1. The molecule has 3 aromatic rings. The normalized spacial score (nSPS) is 11.8. The molecular formula is C20H24N6O3S2. The van der Waals surface area contributed by atoms with Crippen LogP contribution in [0.15, 0.2) is 57.4 Å². The average Bonchev–Trinajstić information content (AvgIpc) is 3.12. The minimum Gasteiger partial charge on any atom is -0.322 e. The molecule has 0 radical (unpaired) electrons. The summed E-state index contributed by atoms with van der Waals surface area (Å²) >= 11 is 1.18. The van der Waals surface area contributed by atoms with Crippen molar-refractivity contribution in [3.05, 3.63) is 53.6 Å². The van der Waals surface area contributed by atoms with Gasteiger partial charge in [-0.25, -0.2) is 17.4 Å². The van der Waals surface area contributed by atoms with Crippen LogP contribution in [0.1, 0.15) is 35.7 Å². The minimum atomic E-state index is -3.71. The number of nitrogens with one attached hydrogen (secondary N) is 1. The summed E-state index contributed by atoms with van der Waals surface area (Å²) < 4.78 is 27.8. The molecule has 0 unspecified atom stereocenters. The van der Waals surface area contributed by atoms with Crippen molar-refractivity contribution in [3.63, 3.8) is 0 Å². The quantitative estimate of drug-likeness (QED) is 0.577. The first-order valence-electron chi connectivity index (χ1n) is 9.47. The van der Waals surface area contributed by atoms with Crippen LogP contribution < -0.4 is 5.32 Å². The van der Waals surface area contributed by atoms with Gasteiger partial charge in [-0.05, 0) is 64.0 Å². The number of benzene rings is 2. The summed E-state index contributed by atoms with van der Waals surface area (Å²) in [7, 11) is 0.862. The molecule has 11 heteroatoms. The molecule has 1 heterocycles. The molecule has 0 saturated carbocycles. The van der Waals surface area contributed by atoms with Gasteiger partial charge in [-0.3, -0.25) is 4.79 Å². The zero-order valence-corrected chi connectivity index (χ0v) is 19.5. The minimum absolute atomic E-state index is 0.0262. The van der Waals surface area contributed by atoms with Crippen molar-refractivity contribution in [3.8, 4) is 0 Å². The first kappa shape index (κ1) is 22.9. The van der Waals surface area contributed by atoms with Crippen molar-refractivity contribution >= 4 is 33.4 Å². The Hall–Kier alpha value is -2.76. The molecule has 3 rings (SSSR count). The molecule has 9 nitrogen and oxygen atoms in total. The Labute approximate surface area is 185 Å². The summed E-state index contributed by atoms with van der Waals surface area (Å²) in [4.78, 5) is 13.7. The first-order chi connectivity index (χ1) is 14.6. The van der Waals surface area contributed by atoms with Gasteiger partial charge in [0.15, 0.2) is 0 Å². The number of anilines is 1. The summed E-state index contributed by atoms with van der Waals surface area (Å²) in [6, 6.07) is 12.0. The molecule has 0 fully saturated rings. The Balaban J connectivity index is 1.99. The molecule has 0 aliphatic carbocycles. The fourth-order valence-corrected chi connectivity index (χ4v) is 4.47. The molecule has 1 amide bonds. The van der Waals surface area contributed by atoms with Gasteiger partial charge < -0.3 is 5.32 Å². The highest BCUT2D eigenvalue weighted by molar-refractivity contribution is 7.99. The number of carbonyl (C=O) groups is 1. The van der Waals surface area contributed by atoms with Crippen molar-refractivity contribution < 1.29 is 13.2 Å². The Morgan fingerprint density at radius 1 is 1.13 bits per heavy atom. The average molecular weight is 461 g/mol. The van der Waals surface area contributed by atoms with E-state index in [1.165, 1.54) is 42.7 Å². The first-order valence-corrected chi connectivity index (χ1v) is 11.7. The van der Waals surface area contributed by atoms with Crippen LogP contribution in [0.2, 0.25) is 0 Å². The molecule has 1 aromatic heterocycles. The molecule has 0 aliphatic rings. The smallest absolute Gasteiger partial charge is 0.256 e. The van der Waals surface area contributed by atoms with Crippen LogP contribution in [0.4, 0.5) is 5.69 Å². The highest BCUT2D eigenvalue weighted by Gasteiger charge is 2.22. The lowest BCUT2D eigenvalue weighted by Gasteiger charge is -2.15. The maximum atomic E-state index is 13.1. The lowest BCUT2D eigenvalue weighted by molar-refractivity contribution is 0.102. The van der Waals surface area contributed by atoms with E-state index in [1.807, 2.05) is 24.3 Å². The number of tetrazole rings is 1. The summed E-state index contributed by atoms with van der Waals surface area (Å²) in [5.41, 5.74) is 1.98. The monoisotopic (exact) mass is 460 g/mol. The largest absolute Gasteiger partial charge is 0.322 e. The van der Waals surface area contributed by atoms with Crippen molar-refractivity contribution in [2.45, 2.75) is 34.7 Å². The second kappa shape index (κ2) is 9.16. The van der Waals surface area contributed by atoms with Crippen molar-refractivity contribution in [1.82, 2.24) is 24.5 Å². The third-order valence-corrected chi connectivity index (χ3v) is 7.51. The van der Waals surface area contributed by atoms with Gasteiger partial charge >= 0.3 is 0 Å². The number of hydrogen-bond acceptors (Lipinski definition) is 7. The van der Waals surface area contributed by atoms with Crippen LogP contribution in [0.25, 0.3) is 0 Å². The van der Waals surface area contributed by atoms with Gasteiger partial charge in [0.25, 0.3) is 5.91 Å². The van der Waals surface area contributed by atoms with Crippen molar-refractivity contribution in [1.29, 1.82) is 0 Å². The predicted octanol–water partition coefficient (Wildman–Crippen LogP) is 2.99. The van der Waals surface area contributed by atoms with E-state index in [0.717, 1.165) is 9.87 Å². The highest BCUT2D eigenvalue weighted by atomic mass is 32.2. The Morgan fingerprint density at radius 2 is 1.81 bits per heavy atom. The number of sulfonamides is 1. The molecule has 2 aromatic carbocycles. The van der Waals surface area contributed by atoms with E-state index in [2.05, 4.69) is 34.7 Å². The summed E-state index contributed by atoms with van der Waals surface area (Å²) in [5.74, 6) is -0.0496. The van der Waals surface area contributed by atoms with Gasteiger partial charge in [0, 0.05) is 31.7 Å². The van der Waals surface area contributed by atoms with Gasteiger partial charge in [0.2, 0.25) is 15.2 Å². The third kappa shape index (κ3) is 5.12. The van der Waals surface area contributed by atoms with E-state index in [9.17, 15) is 13.2 Å². The van der Waals surface area contributed by atoms with Crippen LogP contribution in [0, 0.1) is 0 Å². The zero-order valence-electron chi connectivity index (χ0n) is 17.9. The number of hydrogen-bond donors (Lipinski definition) is 1. The van der Waals surface area contributed by atoms with E-state index in [4.69, 9.17) is 0 Å². The van der Waals surface area contributed by atoms with Gasteiger partial charge in [0.1, 0.15) is 0 Å². The molecule has 164 valence electrons. The molecular weight excluding hydrogens is 436 g/mol. The lowest BCUT2D eigenvalue weighted by atomic mass is 10.0. The van der Waals surface area contributed by atoms with Crippen molar-refractivity contribution in [2.75, 3.05) is 19.4 Å². The standard InChI is InChI=1S/C20H24N6O3S2/c1-13(2)14-6-8-15(9-7-14)21-19(27)17-12-16(31(28,29)25(3)4)10-11-18(17)30-20-22-23-24-26(20)5/h6-13H,1-5H3,(H,21,27). The molecule has 0 bridgehead atoms. The number of nitrogens with zero attached hydrogens (tertiary/aromatic N) is 5. The molecule has 31 heavy (non-hydrogen) atoms. The Bertz CT molecular complexity index is 1190. The number of amides is 1. The lowest BCUT2D eigenvalue weighted by Crippen LogP contribution is -2.23. The van der Waals surface area contributed by atoms with Crippen molar-refractivity contribution in [2.24, 2.45) is 7.05 Å². The SMILES string of the molecule is CC(C)c1ccc(NC(=O)c2cc(S(=O)(=O)N(C)C)ccc2Sc2nnnn2C)cc1. The summed E-state index contributed by atoms with van der Waals surface area (Å²) in [6.07, 6.45) is 0. The van der Waals surface area contributed by atoms with Gasteiger partial charge in [-0.1, -0.05) is 26.0 Å². The van der Waals surface area contributed by atoms with E-state index in [1.54, 1.807) is 13.1 Å². The van der Waals surface area contributed by atoms with Gasteiger partial charge in [-0.15, -0.1) is 5.10 Å². The number of aryl methyl sites for hydroxylation is 1. The maximum Gasteiger partial charge on any atom is 0.256 e. The van der Waals surface area contributed by atoms with Crippen LogP contribution in [0.5, 0.6) is 0 Å². The van der Waals surface area contributed by atoms with E-state index in [0.29, 0.717) is 21.7 Å². The fraction of sp³-hybridized carbons (Fsp3) is 0.300. The maximum absolute atomic E-state index is 13.1. The molecule has 0 aliphatic heterocycles. The number of aromatic nitrogens is 4. The van der Waals surface area contributed by atoms with Crippen LogP contribution in [-0.2, 0) is 17.1 Å². The summed E-state index contributed by atoms with van der Waals surface area (Å²) in [5, 5.41) is 14.6. The number of rotatable bonds is 7. The Kier molecular flexibility index (Phi) is 6.77. The Morgan fingerprint density at radius 3 is 2.35 bits per heavy atom. The second-order valence-corrected chi connectivity index (χ2v) is 10.5. The van der Waals surface area contributed by atoms with Crippen LogP contribution in [-0.4, -0.2) is 52.9 Å². The van der Waals surface area contributed by atoms with Crippen LogP contribution in [0.3, 0.4) is 0 Å². The van der Waals surface area contributed by atoms with E-state index >= 15 is 0 Å². The van der Waals surface area contributed by atoms with E-state index < -0.39 is 15.9 Å². The second-order valence-electron chi connectivity index (χ2n) is 7.36. The van der Waals surface area contributed by atoms with E-state index in [-0.39, 0.29) is 10.5 Å².